The third-order valence-corrected chi connectivity index (χ3v) is 7.53. The highest BCUT2D eigenvalue weighted by atomic mass is 16.5. The van der Waals surface area contributed by atoms with Crippen LogP contribution < -0.4 is 0 Å². The maximum atomic E-state index is 11.8. The van der Waals surface area contributed by atoms with E-state index in [1.807, 2.05) is 0 Å². The number of carbonyl (C=O) groups is 2. The van der Waals surface area contributed by atoms with Crippen molar-refractivity contribution in [3.05, 3.63) is 60.8 Å². The van der Waals surface area contributed by atoms with E-state index in [0.29, 0.717) is 13.2 Å². The minimum absolute atomic E-state index is 0.403. The number of rotatable bonds is 32. The van der Waals surface area contributed by atoms with Gasteiger partial charge < -0.3 is 9.47 Å². The minimum Gasteiger partial charge on any atom is -0.463 e. The fourth-order valence-corrected chi connectivity index (χ4v) is 4.76. The number of hydrogen-bond acceptors (Lipinski definition) is 4. The molecule has 4 heteroatoms. The zero-order valence-corrected chi connectivity index (χ0v) is 28.8. The summed E-state index contributed by atoms with van der Waals surface area (Å²) < 4.78 is 10.4. The van der Waals surface area contributed by atoms with Crippen molar-refractivity contribution in [2.75, 3.05) is 13.2 Å². The predicted molar refractivity (Wildman–Crippen MR) is 190 cm³/mol. The highest BCUT2D eigenvalue weighted by Gasteiger charge is 2.01. The van der Waals surface area contributed by atoms with Crippen molar-refractivity contribution in [1.29, 1.82) is 0 Å². The van der Waals surface area contributed by atoms with Crippen LogP contribution in [-0.2, 0) is 19.1 Å². The van der Waals surface area contributed by atoms with Gasteiger partial charge in [0.05, 0.1) is 13.2 Å². The second kappa shape index (κ2) is 36.8. The molecule has 0 rings (SSSR count). The molecule has 252 valence electrons. The molecule has 0 atom stereocenters. The fraction of sp³-hybridized carbons (Fsp3) is 0.700. The highest BCUT2D eigenvalue weighted by Crippen LogP contribution is 2.10. The zero-order valence-electron chi connectivity index (χ0n) is 28.8. The standard InChI is InChI=1S/C40H68O4/c1-3-5-7-9-11-13-15-17-19-21-23-25-27-29-31-33-37-43-39(41)35-36-40(42)44-38-34-32-30-28-26-24-22-20-18-16-14-12-10-8-6-4-2/h11-14,17-20,35-36H,3-10,15-16,21-34,37-38H2,1-2H3/b13-11-,14-12-,19-17-,20-18-,36-35-. The molecule has 0 aliphatic heterocycles. The van der Waals surface area contributed by atoms with Gasteiger partial charge in [-0.05, 0) is 77.0 Å². The lowest BCUT2D eigenvalue weighted by Crippen LogP contribution is -2.06. The second-order valence-corrected chi connectivity index (χ2v) is 11.8. The van der Waals surface area contributed by atoms with Crippen molar-refractivity contribution in [3.8, 4) is 0 Å². The monoisotopic (exact) mass is 613 g/mol. The van der Waals surface area contributed by atoms with E-state index < -0.39 is 11.9 Å². The van der Waals surface area contributed by atoms with Crippen molar-refractivity contribution in [2.45, 2.75) is 168 Å². The number of carbonyl (C=O) groups excluding carboxylic acids is 2. The Morgan fingerprint density at radius 3 is 1.02 bits per heavy atom. The molecule has 0 heterocycles. The molecule has 0 N–H and O–H groups in total. The van der Waals surface area contributed by atoms with Gasteiger partial charge in [-0.2, -0.15) is 0 Å². The fourth-order valence-electron chi connectivity index (χ4n) is 4.76. The predicted octanol–water partition coefficient (Wildman–Crippen LogP) is 12.3. The molecule has 0 saturated heterocycles. The SMILES string of the molecule is CCCCC/C=C\C/C=C\CCCCCCCCOC(=O)/C=C\C(=O)OCCCCCCCC/C=C\C/C=C\CCCCC. The van der Waals surface area contributed by atoms with Crippen molar-refractivity contribution in [3.63, 3.8) is 0 Å². The third kappa shape index (κ3) is 35.8. The average molecular weight is 613 g/mol. The van der Waals surface area contributed by atoms with E-state index in [2.05, 4.69) is 62.5 Å². The average Bonchev–Trinajstić information content (AvgIpc) is 3.03. The molecule has 0 bridgehead atoms. The summed E-state index contributed by atoms with van der Waals surface area (Å²) >= 11 is 0. The minimum atomic E-state index is -0.474. The molecule has 0 radical (unpaired) electrons. The molecule has 0 unspecified atom stereocenters. The van der Waals surface area contributed by atoms with Crippen LogP contribution >= 0.6 is 0 Å². The van der Waals surface area contributed by atoms with Crippen LogP contribution in [0.25, 0.3) is 0 Å². The molecule has 0 aliphatic carbocycles. The zero-order chi connectivity index (χ0) is 32.0. The van der Waals surface area contributed by atoms with Crippen LogP contribution in [0.15, 0.2) is 60.8 Å². The summed E-state index contributed by atoms with van der Waals surface area (Å²) in [6.45, 7) is 5.29. The maximum Gasteiger partial charge on any atom is 0.331 e. The molecule has 0 aromatic heterocycles. The summed E-state index contributed by atoms with van der Waals surface area (Å²) in [6, 6.07) is 0. The summed E-state index contributed by atoms with van der Waals surface area (Å²) in [4.78, 5) is 23.6. The van der Waals surface area contributed by atoms with Gasteiger partial charge in [-0.15, -0.1) is 0 Å². The third-order valence-electron chi connectivity index (χ3n) is 7.53. The quantitative estimate of drug-likeness (QED) is 0.0328. The summed E-state index contributed by atoms with van der Waals surface area (Å²) in [7, 11) is 0. The van der Waals surface area contributed by atoms with Crippen LogP contribution in [-0.4, -0.2) is 25.2 Å². The Morgan fingerprint density at radius 1 is 0.386 bits per heavy atom. The molecule has 4 nitrogen and oxygen atoms in total. The largest absolute Gasteiger partial charge is 0.463 e. The number of hydrogen-bond donors (Lipinski definition) is 0. The first-order valence-electron chi connectivity index (χ1n) is 18.3. The number of allylic oxidation sites excluding steroid dienone is 8. The van der Waals surface area contributed by atoms with E-state index >= 15 is 0 Å². The molecular weight excluding hydrogens is 544 g/mol. The van der Waals surface area contributed by atoms with E-state index in [9.17, 15) is 9.59 Å². The summed E-state index contributed by atoms with van der Waals surface area (Å²) in [6.07, 6.45) is 49.0. The van der Waals surface area contributed by atoms with Gasteiger partial charge in [-0.25, -0.2) is 9.59 Å². The Morgan fingerprint density at radius 2 is 0.682 bits per heavy atom. The molecule has 0 aliphatic rings. The topological polar surface area (TPSA) is 52.6 Å². The first-order valence-corrected chi connectivity index (χ1v) is 18.3. The maximum absolute atomic E-state index is 11.8. The number of esters is 2. The van der Waals surface area contributed by atoms with E-state index in [1.165, 1.54) is 115 Å². The van der Waals surface area contributed by atoms with Crippen LogP contribution in [0.1, 0.15) is 168 Å². The molecule has 0 aromatic rings. The molecule has 0 amide bonds. The first kappa shape index (κ1) is 41.6. The van der Waals surface area contributed by atoms with E-state index in [0.717, 1.165) is 51.4 Å². The van der Waals surface area contributed by atoms with Gasteiger partial charge in [0.25, 0.3) is 0 Å². The lowest BCUT2D eigenvalue weighted by molar-refractivity contribution is -0.140. The lowest BCUT2D eigenvalue weighted by atomic mass is 10.1. The number of ether oxygens (including phenoxy) is 2. The van der Waals surface area contributed by atoms with Crippen molar-refractivity contribution < 1.29 is 19.1 Å². The molecule has 44 heavy (non-hydrogen) atoms. The van der Waals surface area contributed by atoms with Crippen LogP contribution in [0.5, 0.6) is 0 Å². The highest BCUT2D eigenvalue weighted by molar-refractivity contribution is 5.91. The van der Waals surface area contributed by atoms with Crippen LogP contribution in [0, 0.1) is 0 Å². The second-order valence-electron chi connectivity index (χ2n) is 11.8. The van der Waals surface area contributed by atoms with Crippen LogP contribution in [0.3, 0.4) is 0 Å². The van der Waals surface area contributed by atoms with E-state index in [4.69, 9.17) is 9.47 Å². The van der Waals surface area contributed by atoms with E-state index in [-0.39, 0.29) is 0 Å². The van der Waals surface area contributed by atoms with E-state index in [1.54, 1.807) is 0 Å². The Hall–Kier alpha value is -2.36. The Bertz CT molecular complexity index is 710. The van der Waals surface area contributed by atoms with Crippen molar-refractivity contribution in [1.82, 2.24) is 0 Å². The van der Waals surface area contributed by atoms with Crippen LogP contribution in [0.2, 0.25) is 0 Å². The number of unbranched alkanes of at least 4 members (excludes halogenated alkanes) is 18. The van der Waals surface area contributed by atoms with Crippen LogP contribution in [0.4, 0.5) is 0 Å². The van der Waals surface area contributed by atoms with Gasteiger partial charge in [-0.3, -0.25) is 0 Å². The molecule has 0 saturated carbocycles. The lowest BCUT2D eigenvalue weighted by Gasteiger charge is -2.03. The Kier molecular flexibility index (Phi) is 34.9. The van der Waals surface area contributed by atoms with Gasteiger partial charge in [0, 0.05) is 12.2 Å². The first-order chi connectivity index (χ1) is 21.7. The summed E-state index contributed by atoms with van der Waals surface area (Å²) in [5.74, 6) is -0.948. The molecule has 0 aromatic carbocycles. The van der Waals surface area contributed by atoms with Gasteiger partial charge in [0.1, 0.15) is 0 Å². The Labute approximate surface area is 272 Å². The normalized spacial score (nSPS) is 12.1. The van der Waals surface area contributed by atoms with Gasteiger partial charge in [0.15, 0.2) is 0 Å². The molecule has 0 fully saturated rings. The van der Waals surface area contributed by atoms with Gasteiger partial charge in [0.2, 0.25) is 0 Å². The van der Waals surface area contributed by atoms with Crippen molar-refractivity contribution in [2.24, 2.45) is 0 Å². The van der Waals surface area contributed by atoms with Crippen molar-refractivity contribution >= 4 is 11.9 Å². The summed E-state index contributed by atoms with van der Waals surface area (Å²) in [5.41, 5.74) is 0. The molecular formula is C40H68O4. The molecule has 0 spiro atoms. The van der Waals surface area contributed by atoms with Gasteiger partial charge in [-0.1, -0.05) is 140 Å². The van der Waals surface area contributed by atoms with Gasteiger partial charge >= 0.3 is 11.9 Å². The smallest absolute Gasteiger partial charge is 0.331 e. The Balaban J connectivity index is 3.45. The summed E-state index contributed by atoms with van der Waals surface area (Å²) in [5, 5.41) is 0.